The lowest BCUT2D eigenvalue weighted by molar-refractivity contribution is 0.0950. The molecular weight excluding hydrogens is 314 g/mol. The highest BCUT2D eigenvalue weighted by atomic mass is 35.5. The molecule has 0 atom stereocenters. The Morgan fingerprint density at radius 2 is 1.87 bits per heavy atom. The molecule has 3 rings (SSSR count). The van der Waals surface area contributed by atoms with Crippen molar-refractivity contribution in [1.82, 2.24) is 5.32 Å². The average Bonchev–Trinajstić information content (AvgIpc) is 2.56. The molecule has 1 amide bonds. The molecule has 23 heavy (non-hydrogen) atoms. The maximum atomic E-state index is 12.2. The second-order valence-corrected chi connectivity index (χ2v) is 5.50. The largest absolute Gasteiger partial charge is 0.421 e. The van der Waals surface area contributed by atoms with Crippen molar-refractivity contribution in [2.24, 2.45) is 0 Å². The van der Waals surface area contributed by atoms with Crippen LogP contribution >= 0.6 is 11.6 Å². The van der Waals surface area contributed by atoms with Crippen LogP contribution < -0.4 is 10.9 Å². The van der Waals surface area contributed by atoms with E-state index in [9.17, 15) is 9.59 Å². The van der Waals surface area contributed by atoms with E-state index in [1.54, 1.807) is 18.2 Å². The molecule has 0 fully saturated rings. The zero-order chi connectivity index (χ0) is 16.2. The van der Waals surface area contributed by atoms with Gasteiger partial charge in [-0.25, -0.2) is 4.79 Å². The van der Waals surface area contributed by atoms with Crippen LogP contribution in [0.1, 0.15) is 15.9 Å². The van der Waals surface area contributed by atoms with E-state index in [2.05, 4.69) is 5.32 Å². The molecule has 0 saturated heterocycles. The maximum Gasteiger partial charge on any atom is 0.349 e. The van der Waals surface area contributed by atoms with E-state index in [1.807, 2.05) is 30.3 Å². The highest BCUT2D eigenvalue weighted by Gasteiger charge is 2.14. The monoisotopic (exact) mass is 327 g/mol. The molecule has 1 aromatic heterocycles. The Labute approximate surface area is 137 Å². The number of fused-ring (bicyclic) bond motifs is 1. The van der Waals surface area contributed by atoms with Crippen LogP contribution in [0.2, 0.25) is 5.02 Å². The minimum Gasteiger partial charge on any atom is -0.421 e. The molecule has 0 unspecified atom stereocenters. The predicted molar refractivity (Wildman–Crippen MR) is 90.0 cm³/mol. The lowest BCUT2D eigenvalue weighted by atomic mass is 10.1. The van der Waals surface area contributed by atoms with Crippen molar-refractivity contribution in [3.63, 3.8) is 0 Å². The van der Waals surface area contributed by atoms with Crippen LogP contribution in [0, 0.1) is 0 Å². The minimum atomic E-state index is -0.692. The highest BCUT2D eigenvalue weighted by molar-refractivity contribution is 6.34. The van der Waals surface area contributed by atoms with Crippen molar-refractivity contribution in [3.8, 4) is 0 Å². The Hall–Kier alpha value is -2.59. The third-order valence-corrected chi connectivity index (χ3v) is 3.80. The zero-order valence-corrected chi connectivity index (χ0v) is 13.0. The molecule has 0 aliphatic rings. The van der Waals surface area contributed by atoms with Crippen LogP contribution in [0.5, 0.6) is 0 Å². The molecule has 1 N–H and O–H groups in total. The average molecular weight is 328 g/mol. The van der Waals surface area contributed by atoms with Gasteiger partial charge in [-0.05, 0) is 24.1 Å². The number of carbonyl (C=O) groups excluding carboxylic acids is 1. The Balaban J connectivity index is 1.76. The number of rotatable bonds is 4. The van der Waals surface area contributed by atoms with Gasteiger partial charge in [-0.2, -0.15) is 0 Å². The second kappa shape index (κ2) is 6.67. The Morgan fingerprint density at radius 3 is 2.65 bits per heavy atom. The summed E-state index contributed by atoms with van der Waals surface area (Å²) >= 11 is 5.98. The van der Waals surface area contributed by atoms with Crippen molar-refractivity contribution < 1.29 is 9.21 Å². The first kappa shape index (κ1) is 15.3. The highest BCUT2D eigenvalue weighted by Crippen LogP contribution is 2.22. The normalized spacial score (nSPS) is 10.7. The van der Waals surface area contributed by atoms with Gasteiger partial charge in [-0.1, -0.05) is 54.1 Å². The molecule has 3 aromatic rings. The first-order valence-electron chi connectivity index (χ1n) is 7.19. The SMILES string of the molecule is O=C(NCCc1ccccc1)c1cc2cccc(Cl)c2oc1=O. The molecule has 0 bridgehead atoms. The first-order chi connectivity index (χ1) is 11.1. The molecular formula is C18H14ClNO3. The maximum absolute atomic E-state index is 12.2. The van der Waals surface area contributed by atoms with E-state index in [4.69, 9.17) is 16.0 Å². The van der Waals surface area contributed by atoms with Crippen LogP contribution in [-0.4, -0.2) is 12.5 Å². The lowest BCUT2D eigenvalue weighted by Gasteiger charge is -2.06. The number of halogens is 1. The Kier molecular flexibility index (Phi) is 4.44. The van der Waals surface area contributed by atoms with Gasteiger partial charge in [0, 0.05) is 11.9 Å². The Morgan fingerprint density at radius 1 is 1.09 bits per heavy atom. The van der Waals surface area contributed by atoms with E-state index < -0.39 is 11.5 Å². The van der Waals surface area contributed by atoms with Crippen LogP contribution in [0.4, 0.5) is 0 Å². The molecule has 0 aliphatic carbocycles. The van der Waals surface area contributed by atoms with Crippen LogP contribution in [0.15, 0.2) is 63.8 Å². The number of hydrogen-bond acceptors (Lipinski definition) is 3. The zero-order valence-electron chi connectivity index (χ0n) is 12.2. The van der Waals surface area contributed by atoms with Gasteiger partial charge < -0.3 is 9.73 Å². The van der Waals surface area contributed by atoms with E-state index in [-0.39, 0.29) is 5.56 Å². The minimum absolute atomic E-state index is 0.0205. The van der Waals surface area contributed by atoms with Crippen molar-refractivity contribution in [1.29, 1.82) is 0 Å². The number of para-hydroxylation sites is 1. The van der Waals surface area contributed by atoms with Crippen molar-refractivity contribution >= 4 is 28.5 Å². The fourth-order valence-corrected chi connectivity index (χ4v) is 2.55. The molecule has 2 aromatic carbocycles. The van der Waals surface area contributed by atoms with Crippen molar-refractivity contribution in [3.05, 3.63) is 81.2 Å². The van der Waals surface area contributed by atoms with Gasteiger partial charge in [0.1, 0.15) is 5.56 Å². The third kappa shape index (κ3) is 3.43. The van der Waals surface area contributed by atoms with E-state index in [0.717, 1.165) is 5.56 Å². The number of nitrogens with one attached hydrogen (secondary N) is 1. The molecule has 0 aliphatic heterocycles. The smallest absolute Gasteiger partial charge is 0.349 e. The number of amides is 1. The topological polar surface area (TPSA) is 59.3 Å². The Bertz CT molecular complexity index is 903. The van der Waals surface area contributed by atoms with Gasteiger partial charge >= 0.3 is 5.63 Å². The number of hydrogen-bond donors (Lipinski definition) is 1. The van der Waals surface area contributed by atoms with Gasteiger partial charge in [0.25, 0.3) is 5.91 Å². The van der Waals surface area contributed by atoms with Gasteiger partial charge in [-0.15, -0.1) is 0 Å². The number of carbonyl (C=O) groups is 1. The van der Waals surface area contributed by atoms with Gasteiger partial charge in [-0.3, -0.25) is 4.79 Å². The fourth-order valence-electron chi connectivity index (χ4n) is 2.33. The van der Waals surface area contributed by atoms with E-state index in [0.29, 0.717) is 29.0 Å². The first-order valence-corrected chi connectivity index (χ1v) is 7.57. The fraction of sp³-hybridized carbons (Fsp3) is 0.111. The summed E-state index contributed by atoms with van der Waals surface area (Å²) < 4.78 is 5.16. The summed E-state index contributed by atoms with van der Waals surface area (Å²) in [5.74, 6) is -0.448. The molecule has 0 saturated carbocycles. The quantitative estimate of drug-likeness (QED) is 0.747. The van der Waals surface area contributed by atoms with Gasteiger partial charge in [0.15, 0.2) is 5.58 Å². The molecule has 0 radical (unpaired) electrons. The summed E-state index contributed by atoms with van der Waals surface area (Å²) in [5.41, 5.74) is 0.695. The van der Waals surface area contributed by atoms with Crippen molar-refractivity contribution in [2.45, 2.75) is 6.42 Å². The standard InChI is InChI=1S/C18H14ClNO3/c19-15-8-4-7-13-11-14(18(22)23-16(13)15)17(21)20-10-9-12-5-2-1-3-6-12/h1-8,11H,9-10H2,(H,20,21). The summed E-state index contributed by atoms with van der Waals surface area (Å²) in [5, 5.41) is 3.69. The summed E-state index contributed by atoms with van der Waals surface area (Å²) in [7, 11) is 0. The molecule has 116 valence electrons. The summed E-state index contributed by atoms with van der Waals surface area (Å²) in [6, 6.07) is 16.4. The van der Waals surface area contributed by atoms with Crippen LogP contribution in [0.3, 0.4) is 0 Å². The van der Waals surface area contributed by atoms with Crippen molar-refractivity contribution in [2.75, 3.05) is 6.54 Å². The lowest BCUT2D eigenvalue weighted by Crippen LogP contribution is -2.29. The van der Waals surface area contributed by atoms with E-state index >= 15 is 0 Å². The van der Waals surface area contributed by atoms with Gasteiger partial charge in [0.05, 0.1) is 5.02 Å². The van der Waals surface area contributed by atoms with E-state index in [1.165, 1.54) is 6.07 Å². The predicted octanol–water partition coefficient (Wildman–Crippen LogP) is 3.42. The van der Waals surface area contributed by atoms with Gasteiger partial charge in [0.2, 0.25) is 0 Å². The van der Waals surface area contributed by atoms with Crippen LogP contribution in [-0.2, 0) is 6.42 Å². The summed E-state index contributed by atoms with van der Waals surface area (Å²) in [6.45, 7) is 0.440. The third-order valence-electron chi connectivity index (χ3n) is 3.50. The second-order valence-electron chi connectivity index (χ2n) is 5.10. The molecule has 0 spiro atoms. The molecule has 5 heteroatoms. The van der Waals surface area contributed by atoms with Crippen LogP contribution in [0.25, 0.3) is 11.0 Å². The molecule has 1 heterocycles. The molecule has 4 nitrogen and oxygen atoms in total. The number of benzene rings is 2. The summed E-state index contributed by atoms with van der Waals surface area (Å²) in [6.07, 6.45) is 0.692. The summed E-state index contributed by atoms with van der Waals surface area (Å²) in [4.78, 5) is 24.2.